The molecule has 0 unspecified atom stereocenters. The second-order valence-electron chi connectivity index (χ2n) is 6.06. The van der Waals surface area contributed by atoms with E-state index in [1.54, 1.807) is 29.8 Å². The SMILES string of the molecule is Cc1cc(C)cc(NC(=O)CSc2nnc(-c3ccccc3F)n2C)c1. The summed E-state index contributed by atoms with van der Waals surface area (Å²) in [6.45, 7) is 3.97. The summed E-state index contributed by atoms with van der Waals surface area (Å²) >= 11 is 1.26. The Morgan fingerprint density at radius 3 is 2.54 bits per heavy atom. The number of amides is 1. The maximum absolute atomic E-state index is 13.9. The molecule has 3 rings (SSSR count). The number of aryl methyl sites for hydroxylation is 2. The van der Waals surface area contributed by atoms with E-state index in [9.17, 15) is 9.18 Å². The van der Waals surface area contributed by atoms with Gasteiger partial charge in [0.25, 0.3) is 0 Å². The number of nitrogens with zero attached hydrogens (tertiary/aromatic N) is 3. The monoisotopic (exact) mass is 370 g/mol. The van der Waals surface area contributed by atoms with E-state index in [2.05, 4.69) is 15.5 Å². The van der Waals surface area contributed by atoms with Crippen LogP contribution in [0.5, 0.6) is 0 Å². The van der Waals surface area contributed by atoms with Crippen LogP contribution < -0.4 is 5.32 Å². The number of halogens is 1. The van der Waals surface area contributed by atoms with Gasteiger partial charge in [-0.3, -0.25) is 4.79 Å². The Kier molecular flexibility index (Phi) is 5.37. The van der Waals surface area contributed by atoms with Crippen LogP contribution in [0.3, 0.4) is 0 Å². The molecule has 2 aromatic carbocycles. The first-order valence-corrected chi connectivity index (χ1v) is 9.08. The van der Waals surface area contributed by atoms with Crippen molar-refractivity contribution in [3.05, 3.63) is 59.4 Å². The normalized spacial score (nSPS) is 10.8. The van der Waals surface area contributed by atoms with Gasteiger partial charge in [0.15, 0.2) is 11.0 Å². The van der Waals surface area contributed by atoms with Gasteiger partial charge in [-0.2, -0.15) is 0 Å². The van der Waals surface area contributed by atoms with Crippen LogP contribution in [0.1, 0.15) is 11.1 Å². The van der Waals surface area contributed by atoms with E-state index in [0.717, 1.165) is 16.8 Å². The number of nitrogens with one attached hydrogen (secondary N) is 1. The van der Waals surface area contributed by atoms with Crippen LogP contribution >= 0.6 is 11.8 Å². The summed E-state index contributed by atoms with van der Waals surface area (Å²) in [6, 6.07) is 12.3. The standard InChI is InChI=1S/C19H19FN4OS/c1-12-8-13(2)10-14(9-12)21-17(25)11-26-19-23-22-18(24(19)3)15-6-4-5-7-16(15)20/h4-10H,11H2,1-3H3,(H,21,25). The zero-order valence-electron chi connectivity index (χ0n) is 14.8. The van der Waals surface area contributed by atoms with Gasteiger partial charge >= 0.3 is 0 Å². The Hall–Kier alpha value is -2.67. The lowest BCUT2D eigenvalue weighted by Crippen LogP contribution is -2.14. The van der Waals surface area contributed by atoms with Crippen molar-refractivity contribution >= 4 is 23.4 Å². The third-order valence-corrected chi connectivity index (χ3v) is 4.81. The van der Waals surface area contributed by atoms with Gasteiger partial charge in [0, 0.05) is 12.7 Å². The molecule has 0 aliphatic heterocycles. The van der Waals surface area contributed by atoms with E-state index in [4.69, 9.17) is 0 Å². The number of aromatic nitrogens is 3. The van der Waals surface area contributed by atoms with E-state index >= 15 is 0 Å². The molecule has 0 saturated carbocycles. The Balaban J connectivity index is 1.67. The fourth-order valence-electron chi connectivity index (χ4n) is 2.69. The first kappa shape index (κ1) is 18.1. The fraction of sp³-hybridized carbons (Fsp3) is 0.211. The average molecular weight is 370 g/mol. The number of anilines is 1. The lowest BCUT2D eigenvalue weighted by atomic mass is 10.1. The number of rotatable bonds is 5. The molecule has 5 nitrogen and oxygen atoms in total. The molecule has 1 aromatic heterocycles. The van der Waals surface area contributed by atoms with Crippen molar-refractivity contribution in [1.29, 1.82) is 0 Å². The first-order valence-electron chi connectivity index (χ1n) is 8.09. The predicted octanol–water partition coefficient (Wildman–Crippen LogP) is 3.97. The maximum Gasteiger partial charge on any atom is 0.234 e. The molecule has 134 valence electrons. The highest BCUT2D eigenvalue weighted by molar-refractivity contribution is 7.99. The molecule has 7 heteroatoms. The fourth-order valence-corrected chi connectivity index (χ4v) is 3.40. The zero-order chi connectivity index (χ0) is 18.7. The summed E-state index contributed by atoms with van der Waals surface area (Å²) in [5.74, 6) is 0.138. The van der Waals surface area contributed by atoms with Gasteiger partial charge in [-0.15, -0.1) is 10.2 Å². The molecule has 3 aromatic rings. The van der Waals surface area contributed by atoms with Gasteiger partial charge in [0.2, 0.25) is 5.91 Å². The van der Waals surface area contributed by atoms with Crippen LogP contribution in [-0.2, 0) is 11.8 Å². The summed E-state index contributed by atoms with van der Waals surface area (Å²) in [7, 11) is 1.76. The molecule has 1 amide bonds. The predicted molar refractivity (Wildman–Crippen MR) is 102 cm³/mol. The minimum absolute atomic E-state index is 0.129. The molecule has 0 saturated heterocycles. The van der Waals surface area contributed by atoms with Gasteiger partial charge in [0.05, 0.1) is 11.3 Å². The van der Waals surface area contributed by atoms with Crippen molar-refractivity contribution in [2.24, 2.45) is 7.05 Å². The van der Waals surface area contributed by atoms with E-state index in [1.165, 1.54) is 17.8 Å². The summed E-state index contributed by atoms with van der Waals surface area (Å²) in [6.07, 6.45) is 0. The second kappa shape index (κ2) is 7.70. The van der Waals surface area contributed by atoms with Crippen molar-refractivity contribution in [1.82, 2.24) is 14.8 Å². The number of thioether (sulfide) groups is 1. The molecule has 26 heavy (non-hydrogen) atoms. The van der Waals surface area contributed by atoms with Gasteiger partial charge in [-0.1, -0.05) is 30.0 Å². The molecule has 0 aliphatic carbocycles. The summed E-state index contributed by atoms with van der Waals surface area (Å²) in [5.41, 5.74) is 3.35. The highest BCUT2D eigenvalue weighted by Gasteiger charge is 2.15. The van der Waals surface area contributed by atoms with Crippen LogP contribution in [0.15, 0.2) is 47.6 Å². The molecule has 0 spiro atoms. The minimum atomic E-state index is -0.355. The summed E-state index contributed by atoms with van der Waals surface area (Å²) in [4.78, 5) is 12.2. The van der Waals surface area contributed by atoms with Crippen LogP contribution in [0.4, 0.5) is 10.1 Å². The Morgan fingerprint density at radius 2 is 1.85 bits per heavy atom. The Labute approximate surface area is 155 Å². The van der Waals surface area contributed by atoms with Crippen LogP contribution in [0.25, 0.3) is 11.4 Å². The van der Waals surface area contributed by atoms with Gasteiger partial charge in [-0.25, -0.2) is 4.39 Å². The highest BCUT2D eigenvalue weighted by Crippen LogP contribution is 2.24. The molecule has 0 radical (unpaired) electrons. The maximum atomic E-state index is 13.9. The van der Waals surface area contributed by atoms with Gasteiger partial charge in [-0.05, 0) is 49.2 Å². The summed E-state index contributed by atoms with van der Waals surface area (Å²) in [5, 5.41) is 11.6. The first-order chi connectivity index (χ1) is 12.4. The lowest BCUT2D eigenvalue weighted by molar-refractivity contribution is -0.113. The second-order valence-corrected chi connectivity index (χ2v) is 7.00. The molecule has 0 atom stereocenters. The van der Waals surface area contributed by atoms with E-state index < -0.39 is 0 Å². The molecule has 0 bridgehead atoms. The number of benzene rings is 2. The average Bonchev–Trinajstić information content (AvgIpc) is 2.93. The van der Waals surface area contributed by atoms with Crippen molar-refractivity contribution < 1.29 is 9.18 Å². The number of hydrogen-bond donors (Lipinski definition) is 1. The van der Waals surface area contributed by atoms with Crippen molar-refractivity contribution in [2.75, 3.05) is 11.1 Å². The van der Waals surface area contributed by atoms with Crippen molar-refractivity contribution in [2.45, 2.75) is 19.0 Å². The number of carbonyl (C=O) groups excluding carboxylic acids is 1. The van der Waals surface area contributed by atoms with Crippen LogP contribution in [0.2, 0.25) is 0 Å². The third kappa shape index (κ3) is 4.11. The van der Waals surface area contributed by atoms with Crippen molar-refractivity contribution in [3.63, 3.8) is 0 Å². The van der Waals surface area contributed by atoms with Gasteiger partial charge < -0.3 is 9.88 Å². The quantitative estimate of drug-likeness (QED) is 0.691. The molecule has 0 aliphatic rings. The van der Waals surface area contributed by atoms with E-state index in [0.29, 0.717) is 16.5 Å². The van der Waals surface area contributed by atoms with Crippen LogP contribution in [-0.4, -0.2) is 26.4 Å². The Bertz CT molecular complexity index is 934. The van der Waals surface area contributed by atoms with Crippen molar-refractivity contribution in [3.8, 4) is 11.4 Å². The smallest absolute Gasteiger partial charge is 0.234 e. The molecule has 0 fully saturated rings. The van der Waals surface area contributed by atoms with Gasteiger partial charge in [0.1, 0.15) is 5.82 Å². The van der Waals surface area contributed by atoms with E-state index in [1.807, 2.05) is 32.0 Å². The van der Waals surface area contributed by atoms with Crippen LogP contribution in [0, 0.1) is 19.7 Å². The largest absolute Gasteiger partial charge is 0.325 e. The molecular formula is C19H19FN4OS. The van der Waals surface area contributed by atoms with E-state index in [-0.39, 0.29) is 17.5 Å². The summed E-state index contributed by atoms with van der Waals surface area (Å²) < 4.78 is 15.6. The Morgan fingerprint density at radius 1 is 1.15 bits per heavy atom. The number of carbonyl (C=O) groups is 1. The zero-order valence-corrected chi connectivity index (χ0v) is 15.6. The highest BCUT2D eigenvalue weighted by atomic mass is 32.2. The molecule has 1 N–H and O–H groups in total. The molecule has 1 heterocycles. The third-order valence-electron chi connectivity index (χ3n) is 3.79. The number of hydrogen-bond acceptors (Lipinski definition) is 4. The lowest BCUT2D eigenvalue weighted by Gasteiger charge is -2.08. The minimum Gasteiger partial charge on any atom is -0.325 e. The topological polar surface area (TPSA) is 59.8 Å². The molecular weight excluding hydrogens is 351 g/mol.